The fourth-order valence-corrected chi connectivity index (χ4v) is 2.17. The number of nitrogens with zero attached hydrogens (tertiary/aromatic N) is 2. The van der Waals surface area contributed by atoms with Crippen LogP contribution in [0.3, 0.4) is 0 Å². The van der Waals surface area contributed by atoms with Gasteiger partial charge >= 0.3 is 5.97 Å². The summed E-state index contributed by atoms with van der Waals surface area (Å²) in [6, 6.07) is 8.21. The van der Waals surface area contributed by atoms with Gasteiger partial charge in [0.15, 0.2) is 0 Å². The highest BCUT2D eigenvalue weighted by molar-refractivity contribution is 5.89. The Morgan fingerprint density at radius 3 is 2.81 bits per heavy atom. The predicted molar refractivity (Wildman–Crippen MR) is 77.6 cm³/mol. The summed E-state index contributed by atoms with van der Waals surface area (Å²) in [5.41, 5.74) is 7.23. The second-order valence-corrected chi connectivity index (χ2v) is 5.06. The summed E-state index contributed by atoms with van der Waals surface area (Å²) in [7, 11) is 1.31. The van der Waals surface area contributed by atoms with Crippen molar-refractivity contribution < 1.29 is 9.53 Å². The third-order valence-electron chi connectivity index (χ3n) is 3.47. The van der Waals surface area contributed by atoms with Crippen LogP contribution in [0, 0.1) is 0 Å². The maximum absolute atomic E-state index is 12.2. The first-order valence-electron chi connectivity index (χ1n) is 6.68. The van der Waals surface area contributed by atoms with Crippen LogP contribution in [0.4, 0.5) is 5.69 Å². The second-order valence-electron chi connectivity index (χ2n) is 5.06. The topological polar surface area (TPSA) is 87.2 Å². The van der Waals surface area contributed by atoms with Crippen molar-refractivity contribution in [3.05, 3.63) is 51.9 Å². The smallest absolute Gasteiger partial charge is 0.337 e. The van der Waals surface area contributed by atoms with E-state index in [-0.39, 0.29) is 11.2 Å². The highest BCUT2D eigenvalue weighted by Gasteiger charge is 2.26. The minimum absolute atomic E-state index is 0.162. The van der Waals surface area contributed by atoms with Gasteiger partial charge in [-0.05, 0) is 37.1 Å². The summed E-state index contributed by atoms with van der Waals surface area (Å²) in [5, 5.41) is 4.36. The molecule has 0 atom stereocenters. The average molecular weight is 285 g/mol. The molecule has 1 aliphatic rings. The molecule has 6 nitrogen and oxygen atoms in total. The van der Waals surface area contributed by atoms with Crippen molar-refractivity contribution in [2.24, 2.45) is 0 Å². The summed E-state index contributed by atoms with van der Waals surface area (Å²) >= 11 is 0. The van der Waals surface area contributed by atoms with E-state index in [1.165, 1.54) is 11.8 Å². The van der Waals surface area contributed by atoms with Gasteiger partial charge in [0.25, 0.3) is 5.56 Å². The van der Waals surface area contributed by atoms with Gasteiger partial charge in [-0.25, -0.2) is 4.79 Å². The maximum Gasteiger partial charge on any atom is 0.337 e. The molecule has 2 aromatic rings. The molecule has 0 spiro atoms. The lowest BCUT2D eigenvalue weighted by Gasteiger charge is -2.09. The molecule has 0 unspecified atom stereocenters. The van der Waals surface area contributed by atoms with Crippen LogP contribution in [0.25, 0.3) is 5.69 Å². The highest BCUT2D eigenvalue weighted by Crippen LogP contribution is 2.39. The third-order valence-corrected chi connectivity index (χ3v) is 3.47. The first kappa shape index (κ1) is 13.4. The van der Waals surface area contributed by atoms with Crippen molar-refractivity contribution in [1.29, 1.82) is 0 Å². The maximum atomic E-state index is 12.2. The van der Waals surface area contributed by atoms with E-state index < -0.39 is 5.97 Å². The van der Waals surface area contributed by atoms with Crippen LogP contribution >= 0.6 is 0 Å². The lowest BCUT2D eigenvalue weighted by atomic mass is 10.2. The lowest BCUT2D eigenvalue weighted by molar-refractivity contribution is 0.0600. The van der Waals surface area contributed by atoms with E-state index in [0.29, 0.717) is 17.2 Å². The van der Waals surface area contributed by atoms with Crippen molar-refractivity contribution in [2.75, 3.05) is 12.8 Å². The van der Waals surface area contributed by atoms with E-state index in [2.05, 4.69) is 9.84 Å². The lowest BCUT2D eigenvalue weighted by Crippen LogP contribution is -2.25. The van der Waals surface area contributed by atoms with Gasteiger partial charge in [0, 0.05) is 5.92 Å². The van der Waals surface area contributed by atoms with Gasteiger partial charge < -0.3 is 10.5 Å². The number of methoxy groups -OCH3 is 1. The molecule has 0 amide bonds. The molecule has 0 radical (unpaired) electrons. The summed E-state index contributed by atoms with van der Waals surface area (Å²) in [5.74, 6) is -0.0841. The molecule has 6 heteroatoms. The Kier molecular flexibility index (Phi) is 3.21. The van der Waals surface area contributed by atoms with Crippen LogP contribution in [-0.4, -0.2) is 22.9 Å². The minimum atomic E-state index is -0.462. The zero-order chi connectivity index (χ0) is 15.0. The molecule has 108 valence electrons. The van der Waals surface area contributed by atoms with E-state index in [9.17, 15) is 9.59 Å². The quantitative estimate of drug-likeness (QED) is 0.863. The van der Waals surface area contributed by atoms with Crippen molar-refractivity contribution in [3.8, 4) is 5.69 Å². The molecule has 0 saturated heterocycles. The average Bonchev–Trinajstić information content (AvgIpc) is 3.34. The molecule has 1 aromatic heterocycles. The molecule has 3 rings (SSSR count). The van der Waals surface area contributed by atoms with Gasteiger partial charge in [0.1, 0.15) is 5.69 Å². The van der Waals surface area contributed by atoms with Crippen molar-refractivity contribution >= 4 is 11.7 Å². The number of anilines is 1. The number of nitrogen functional groups attached to an aromatic ring is 1. The Balaban J connectivity index is 2.11. The summed E-state index contributed by atoms with van der Waals surface area (Å²) < 4.78 is 5.93. The van der Waals surface area contributed by atoms with Crippen LogP contribution in [0.5, 0.6) is 0 Å². The van der Waals surface area contributed by atoms with Gasteiger partial charge in [0.05, 0.1) is 24.1 Å². The number of ether oxygens (including phenoxy) is 1. The number of carbonyl (C=O) groups is 1. The molecule has 2 N–H and O–H groups in total. The summed E-state index contributed by atoms with van der Waals surface area (Å²) in [4.78, 5) is 23.8. The number of benzene rings is 1. The van der Waals surface area contributed by atoms with Gasteiger partial charge in [-0.2, -0.15) is 9.78 Å². The molecular formula is C15H15N3O3. The Hall–Kier alpha value is -2.63. The second kappa shape index (κ2) is 5.05. The van der Waals surface area contributed by atoms with Crippen molar-refractivity contribution in [3.63, 3.8) is 0 Å². The van der Waals surface area contributed by atoms with Crippen LogP contribution in [0.1, 0.15) is 34.8 Å². The Morgan fingerprint density at radius 2 is 2.14 bits per heavy atom. The molecule has 21 heavy (non-hydrogen) atoms. The van der Waals surface area contributed by atoms with Crippen molar-refractivity contribution in [2.45, 2.75) is 18.8 Å². The Bertz CT molecular complexity index is 763. The minimum Gasteiger partial charge on any atom is -0.465 e. The molecule has 1 aliphatic carbocycles. The van der Waals surface area contributed by atoms with Gasteiger partial charge in [0.2, 0.25) is 0 Å². The standard InChI is InChI=1S/C15H15N3O3/c1-21-15(20)10-3-2-4-11(7-10)18-14(19)12(16)8-13(17-18)9-5-6-9/h2-4,7-9H,5-6,16H2,1H3. The molecule has 1 aromatic carbocycles. The SMILES string of the molecule is COC(=O)c1cccc(-n2nc(C3CC3)cc(N)c2=O)c1. The van der Waals surface area contributed by atoms with Gasteiger partial charge in [-0.1, -0.05) is 6.07 Å². The van der Waals surface area contributed by atoms with E-state index in [1.54, 1.807) is 30.3 Å². The van der Waals surface area contributed by atoms with E-state index in [4.69, 9.17) is 5.73 Å². The zero-order valence-corrected chi connectivity index (χ0v) is 11.6. The number of carbonyl (C=O) groups excluding carboxylic acids is 1. The molecule has 0 aliphatic heterocycles. The highest BCUT2D eigenvalue weighted by atomic mass is 16.5. The normalized spacial score (nSPS) is 14.0. The monoisotopic (exact) mass is 285 g/mol. The molecule has 1 fully saturated rings. The number of rotatable bonds is 3. The number of esters is 1. The van der Waals surface area contributed by atoms with Crippen LogP contribution < -0.4 is 11.3 Å². The molecule has 1 saturated carbocycles. The number of aromatic nitrogens is 2. The van der Waals surface area contributed by atoms with Crippen LogP contribution in [0.15, 0.2) is 35.1 Å². The number of hydrogen-bond donors (Lipinski definition) is 1. The van der Waals surface area contributed by atoms with E-state index >= 15 is 0 Å². The van der Waals surface area contributed by atoms with Crippen molar-refractivity contribution in [1.82, 2.24) is 9.78 Å². The first-order chi connectivity index (χ1) is 10.1. The predicted octanol–water partition coefficient (Wildman–Crippen LogP) is 1.48. The number of nitrogens with two attached hydrogens (primary N) is 1. The third kappa shape index (κ3) is 2.52. The largest absolute Gasteiger partial charge is 0.465 e. The molecule has 1 heterocycles. The van der Waals surface area contributed by atoms with Crippen LogP contribution in [-0.2, 0) is 4.74 Å². The van der Waals surface area contributed by atoms with Gasteiger partial charge in [-0.3, -0.25) is 4.79 Å². The molecular weight excluding hydrogens is 270 g/mol. The fourth-order valence-electron chi connectivity index (χ4n) is 2.17. The number of hydrogen-bond acceptors (Lipinski definition) is 5. The zero-order valence-electron chi connectivity index (χ0n) is 11.6. The Labute approximate surface area is 121 Å². The summed E-state index contributed by atoms with van der Waals surface area (Å²) in [6.07, 6.45) is 2.12. The van der Waals surface area contributed by atoms with E-state index in [1.807, 2.05) is 0 Å². The Morgan fingerprint density at radius 1 is 1.38 bits per heavy atom. The summed E-state index contributed by atoms with van der Waals surface area (Å²) in [6.45, 7) is 0. The fraction of sp³-hybridized carbons (Fsp3) is 0.267. The molecule has 0 bridgehead atoms. The first-order valence-corrected chi connectivity index (χ1v) is 6.68. The van der Waals surface area contributed by atoms with Gasteiger partial charge in [-0.15, -0.1) is 0 Å². The van der Waals surface area contributed by atoms with Crippen LogP contribution in [0.2, 0.25) is 0 Å². The van der Waals surface area contributed by atoms with E-state index in [0.717, 1.165) is 18.5 Å².